The molecule has 1 saturated heterocycles. The van der Waals surface area contributed by atoms with Gasteiger partial charge in [0.1, 0.15) is 5.78 Å². The Morgan fingerprint density at radius 3 is 2.62 bits per heavy atom. The van der Waals surface area contributed by atoms with Crippen molar-refractivity contribution in [3.63, 3.8) is 0 Å². The van der Waals surface area contributed by atoms with Gasteiger partial charge in [0, 0.05) is 37.7 Å². The highest BCUT2D eigenvalue weighted by atomic mass is 32.2. The molecule has 156 valence electrons. The van der Waals surface area contributed by atoms with Crippen LogP contribution in [0.15, 0.2) is 35.7 Å². The highest BCUT2D eigenvalue weighted by molar-refractivity contribution is 7.89. The van der Waals surface area contributed by atoms with Crippen LogP contribution < -0.4 is 9.47 Å². The van der Waals surface area contributed by atoms with Crippen molar-refractivity contribution in [1.29, 1.82) is 0 Å². The maximum Gasteiger partial charge on any atom is 0.262 e. The summed E-state index contributed by atoms with van der Waals surface area (Å²) in [7, 11) is -3.63. The summed E-state index contributed by atoms with van der Waals surface area (Å²) in [6.45, 7) is 4.79. The predicted octanol–water partition coefficient (Wildman–Crippen LogP) is 2.41. The number of rotatable bonds is 6. The second-order valence-electron chi connectivity index (χ2n) is 7.76. The molecular formula is C20H25N3O5S. The fourth-order valence-corrected chi connectivity index (χ4v) is 5.07. The van der Waals surface area contributed by atoms with E-state index in [2.05, 4.69) is 4.98 Å². The first-order valence-corrected chi connectivity index (χ1v) is 11.2. The molecular weight excluding hydrogens is 394 g/mol. The number of ketones is 1. The van der Waals surface area contributed by atoms with Crippen molar-refractivity contribution >= 4 is 15.8 Å². The molecule has 1 aromatic heterocycles. The van der Waals surface area contributed by atoms with Crippen LogP contribution in [0.3, 0.4) is 0 Å². The number of sulfonamides is 1. The molecule has 2 aliphatic heterocycles. The Morgan fingerprint density at radius 2 is 1.93 bits per heavy atom. The summed E-state index contributed by atoms with van der Waals surface area (Å²) in [4.78, 5) is 16.8. The minimum atomic E-state index is -3.63. The maximum absolute atomic E-state index is 12.8. The molecule has 9 heteroatoms. The molecule has 0 unspecified atom stereocenters. The lowest BCUT2D eigenvalue weighted by Gasteiger charge is -2.30. The molecule has 0 bridgehead atoms. The van der Waals surface area contributed by atoms with E-state index in [0.717, 1.165) is 5.56 Å². The van der Waals surface area contributed by atoms with Crippen LogP contribution in [0.1, 0.15) is 38.3 Å². The van der Waals surface area contributed by atoms with Gasteiger partial charge in [0.25, 0.3) is 10.0 Å². The summed E-state index contributed by atoms with van der Waals surface area (Å²) in [5.41, 5.74) is 0.883. The van der Waals surface area contributed by atoms with Gasteiger partial charge >= 0.3 is 0 Å². The van der Waals surface area contributed by atoms with Gasteiger partial charge in [-0.3, -0.25) is 4.79 Å². The number of imidazole rings is 1. The van der Waals surface area contributed by atoms with Gasteiger partial charge in [-0.25, -0.2) is 13.4 Å². The predicted molar refractivity (Wildman–Crippen MR) is 105 cm³/mol. The van der Waals surface area contributed by atoms with Gasteiger partial charge < -0.3 is 14.0 Å². The van der Waals surface area contributed by atoms with E-state index < -0.39 is 10.0 Å². The van der Waals surface area contributed by atoms with E-state index in [1.807, 2.05) is 32.0 Å². The first-order chi connectivity index (χ1) is 13.8. The lowest BCUT2D eigenvalue weighted by atomic mass is 9.90. The molecule has 2 aromatic rings. The number of carbonyl (C=O) groups is 1. The van der Waals surface area contributed by atoms with Gasteiger partial charge in [-0.2, -0.15) is 4.31 Å². The van der Waals surface area contributed by atoms with Crippen LogP contribution in [-0.4, -0.2) is 47.9 Å². The van der Waals surface area contributed by atoms with Crippen LogP contribution in [-0.2, 0) is 21.2 Å². The Bertz CT molecular complexity index is 1010. The number of aromatic nitrogens is 2. The van der Waals surface area contributed by atoms with Gasteiger partial charge in [0.2, 0.25) is 6.79 Å². The van der Waals surface area contributed by atoms with Crippen LogP contribution in [0.4, 0.5) is 0 Å². The Hall–Kier alpha value is -2.39. The summed E-state index contributed by atoms with van der Waals surface area (Å²) in [5.74, 6) is 1.35. The molecule has 0 amide bonds. The first-order valence-electron chi connectivity index (χ1n) is 9.79. The van der Waals surface area contributed by atoms with Crippen molar-refractivity contribution in [1.82, 2.24) is 13.9 Å². The highest BCUT2D eigenvalue weighted by Gasteiger charge is 2.33. The van der Waals surface area contributed by atoms with Gasteiger partial charge in [0.05, 0.1) is 6.33 Å². The number of ether oxygens (including phenoxy) is 2. The molecule has 0 radical (unpaired) electrons. The fraction of sp³-hybridized carbons (Fsp3) is 0.500. The zero-order chi connectivity index (χ0) is 20.6. The molecule has 0 saturated carbocycles. The lowest BCUT2D eigenvalue weighted by molar-refractivity contribution is -0.123. The van der Waals surface area contributed by atoms with Gasteiger partial charge in [0.15, 0.2) is 16.5 Å². The first kappa shape index (κ1) is 19.9. The number of benzene rings is 1. The van der Waals surface area contributed by atoms with Gasteiger partial charge in [-0.05, 0) is 44.4 Å². The number of fused-ring (bicyclic) bond motifs is 1. The molecule has 1 fully saturated rings. The number of hydrogen-bond acceptors (Lipinski definition) is 6. The second kappa shape index (κ2) is 7.79. The van der Waals surface area contributed by atoms with E-state index >= 15 is 0 Å². The molecule has 1 aromatic carbocycles. The summed E-state index contributed by atoms with van der Waals surface area (Å²) in [6, 6.07) is 5.67. The highest BCUT2D eigenvalue weighted by Crippen LogP contribution is 2.33. The molecule has 8 nitrogen and oxygen atoms in total. The standard InChI is InChI=1S/C20H25N3O5S/c1-14(2)22-11-20(21-12-22)29(25,26)23-7-5-16(6-8-23)17(24)9-15-3-4-18-19(10-15)28-13-27-18/h3-4,10-12,14,16H,5-9,13H2,1-2H3. The van der Waals surface area contributed by atoms with E-state index in [1.54, 1.807) is 17.1 Å². The second-order valence-corrected chi connectivity index (χ2v) is 9.65. The Kier molecular flexibility index (Phi) is 5.35. The topological polar surface area (TPSA) is 90.7 Å². The van der Waals surface area contributed by atoms with Crippen LogP contribution in [0.25, 0.3) is 0 Å². The molecule has 29 heavy (non-hydrogen) atoms. The maximum atomic E-state index is 12.8. The Morgan fingerprint density at radius 1 is 1.21 bits per heavy atom. The van der Waals surface area contributed by atoms with Crippen molar-refractivity contribution in [2.45, 2.75) is 44.2 Å². The normalized spacial score (nSPS) is 17.8. The number of carbonyl (C=O) groups excluding carboxylic acids is 1. The number of Topliss-reactive ketones (excluding diaryl/α,β-unsaturated/α-hetero) is 1. The SMILES string of the molecule is CC(C)n1cnc(S(=O)(=O)N2CCC(C(=O)Cc3ccc4c(c3)OCO4)CC2)c1. The van der Waals surface area contributed by atoms with Crippen LogP contribution in [0.2, 0.25) is 0 Å². The van der Waals surface area contributed by atoms with E-state index in [1.165, 1.54) is 4.31 Å². The third-order valence-corrected chi connectivity index (χ3v) is 7.29. The van der Waals surface area contributed by atoms with E-state index in [0.29, 0.717) is 43.9 Å². The Balaban J connectivity index is 1.36. The van der Waals surface area contributed by atoms with Crippen LogP contribution >= 0.6 is 0 Å². The minimum absolute atomic E-state index is 0.0661. The molecule has 0 aliphatic carbocycles. The summed E-state index contributed by atoms with van der Waals surface area (Å²) in [5, 5.41) is 0.0661. The van der Waals surface area contributed by atoms with Crippen molar-refractivity contribution < 1.29 is 22.7 Å². The minimum Gasteiger partial charge on any atom is -0.454 e. The summed E-state index contributed by atoms with van der Waals surface area (Å²) in [6.07, 6.45) is 4.46. The van der Waals surface area contributed by atoms with Crippen molar-refractivity contribution in [2.75, 3.05) is 19.9 Å². The average Bonchev–Trinajstić information content (AvgIpc) is 3.37. The number of nitrogens with zero attached hydrogens (tertiary/aromatic N) is 3. The fourth-order valence-electron chi connectivity index (χ4n) is 3.68. The molecule has 3 heterocycles. The largest absolute Gasteiger partial charge is 0.454 e. The zero-order valence-corrected chi connectivity index (χ0v) is 17.4. The quantitative estimate of drug-likeness (QED) is 0.714. The van der Waals surface area contributed by atoms with Crippen molar-refractivity contribution in [3.8, 4) is 11.5 Å². The molecule has 0 N–H and O–H groups in total. The molecule has 0 spiro atoms. The summed E-state index contributed by atoms with van der Waals surface area (Å²) >= 11 is 0. The third kappa shape index (κ3) is 4.02. The Labute approximate surface area is 170 Å². The number of piperidine rings is 1. The monoisotopic (exact) mass is 419 g/mol. The molecule has 0 atom stereocenters. The van der Waals surface area contributed by atoms with E-state index in [4.69, 9.17) is 9.47 Å². The van der Waals surface area contributed by atoms with Gasteiger partial charge in [-0.1, -0.05) is 6.07 Å². The van der Waals surface area contributed by atoms with Crippen LogP contribution in [0, 0.1) is 5.92 Å². The van der Waals surface area contributed by atoms with E-state index in [-0.39, 0.29) is 29.6 Å². The average molecular weight is 420 g/mol. The zero-order valence-electron chi connectivity index (χ0n) is 16.6. The van der Waals surface area contributed by atoms with Crippen LogP contribution in [0.5, 0.6) is 11.5 Å². The lowest BCUT2D eigenvalue weighted by Crippen LogP contribution is -2.40. The molecule has 4 rings (SSSR count). The van der Waals surface area contributed by atoms with Gasteiger partial charge in [-0.15, -0.1) is 0 Å². The van der Waals surface area contributed by atoms with Crippen molar-refractivity contribution in [2.24, 2.45) is 5.92 Å². The summed E-state index contributed by atoms with van der Waals surface area (Å²) < 4.78 is 39.5. The molecule has 2 aliphatic rings. The van der Waals surface area contributed by atoms with E-state index in [9.17, 15) is 13.2 Å². The van der Waals surface area contributed by atoms with Crippen molar-refractivity contribution in [3.05, 3.63) is 36.3 Å². The smallest absolute Gasteiger partial charge is 0.262 e. The number of hydrogen-bond donors (Lipinski definition) is 0. The third-order valence-electron chi connectivity index (χ3n) is 5.50.